The van der Waals surface area contributed by atoms with Crippen LogP contribution < -0.4 is 5.46 Å². The van der Waals surface area contributed by atoms with Crippen LogP contribution in [0.5, 0.6) is 0 Å². The Bertz CT molecular complexity index is 1560. The quantitative estimate of drug-likeness (QED) is 0.0995. The molecule has 0 nitrogen and oxygen atoms in total. The third-order valence-corrected chi connectivity index (χ3v) is 8.39. The van der Waals surface area contributed by atoms with Gasteiger partial charge in [0.2, 0.25) is 0 Å². The van der Waals surface area contributed by atoms with Gasteiger partial charge in [0.15, 0.2) is 23.3 Å². The lowest BCUT2D eigenvalue weighted by Crippen LogP contribution is -2.11. The molecule has 0 amide bonds. The normalized spacial score (nSPS) is 11.1. The Balaban J connectivity index is 2.03. The molecule has 0 aliphatic rings. The molecule has 8 heteroatoms. The first-order chi connectivity index (χ1) is 18.2. The number of hydrogen-bond acceptors (Lipinski definition) is 0. The minimum Gasteiger partial charge on any atom is -0.204 e. The SMILES string of the molecule is [B]c1cc(F)c(F)cc1-c1c(Br)c(-c2ccccc2)c(-c2cc(F)c(F)cc2Br)c(Br)c1-c1ccccc1. The molecule has 0 atom stereocenters. The van der Waals surface area contributed by atoms with Crippen molar-refractivity contribution in [3.8, 4) is 44.5 Å². The van der Waals surface area contributed by atoms with Gasteiger partial charge in [-0.1, -0.05) is 82.1 Å². The predicted molar refractivity (Wildman–Crippen MR) is 157 cm³/mol. The van der Waals surface area contributed by atoms with Crippen molar-refractivity contribution >= 4 is 61.1 Å². The lowest BCUT2D eigenvalue weighted by molar-refractivity contribution is 0.508. The van der Waals surface area contributed by atoms with Gasteiger partial charge in [-0.2, -0.15) is 0 Å². The van der Waals surface area contributed by atoms with E-state index >= 15 is 0 Å². The van der Waals surface area contributed by atoms with Gasteiger partial charge in [-0.05, 0) is 72.8 Å². The van der Waals surface area contributed by atoms with Crippen LogP contribution in [0.2, 0.25) is 0 Å². The van der Waals surface area contributed by atoms with Crippen LogP contribution in [0.25, 0.3) is 44.5 Å². The van der Waals surface area contributed by atoms with Crippen molar-refractivity contribution in [3.63, 3.8) is 0 Å². The van der Waals surface area contributed by atoms with Crippen LogP contribution >= 0.6 is 47.8 Å². The molecule has 0 saturated heterocycles. The third kappa shape index (κ3) is 4.78. The summed E-state index contributed by atoms with van der Waals surface area (Å²) in [6.07, 6.45) is 0. The van der Waals surface area contributed by atoms with Crippen LogP contribution in [0.1, 0.15) is 0 Å². The van der Waals surface area contributed by atoms with E-state index in [1.54, 1.807) is 0 Å². The zero-order valence-corrected chi connectivity index (χ0v) is 24.1. The van der Waals surface area contributed by atoms with E-state index in [4.69, 9.17) is 7.85 Å². The van der Waals surface area contributed by atoms with Gasteiger partial charge in [0.1, 0.15) is 7.85 Å². The van der Waals surface area contributed by atoms with Crippen molar-refractivity contribution in [2.75, 3.05) is 0 Å². The highest BCUT2D eigenvalue weighted by Gasteiger charge is 2.28. The van der Waals surface area contributed by atoms with Crippen LogP contribution in [0.15, 0.2) is 98.3 Å². The predicted octanol–water partition coefficient (Wildman–Crippen LogP) is 9.99. The van der Waals surface area contributed by atoms with E-state index in [9.17, 15) is 17.6 Å². The van der Waals surface area contributed by atoms with E-state index in [-0.39, 0.29) is 11.0 Å². The van der Waals surface area contributed by atoms with Crippen molar-refractivity contribution in [2.24, 2.45) is 0 Å². The van der Waals surface area contributed by atoms with Gasteiger partial charge in [-0.15, -0.1) is 0 Å². The van der Waals surface area contributed by atoms with Crippen molar-refractivity contribution < 1.29 is 17.6 Å². The maximum absolute atomic E-state index is 14.6. The average Bonchev–Trinajstić information content (AvgIpc) is 2.90. The molecule has 0 saturated carbocycles. The summed E-state index contributed by atoms with van der Waals surface area (Å²) in [6.45, 7) is 0. The third-order valence-electron chi connectivity index (χ3n) is 6.14. The van der Waals surface area contributed by atoms with Gasteiger partial charge in [-0.25, -0.2) is 17.6 Å². The lowest BCUT2D eigenvalue weighted by atomic mass is 9.81. The fraction of sp³-hybridized carbons (Fsp3) is 0. The van der Waals surface area contributed by atoms with Crippen molar-refractivity contribution in [1.82, 2.24) is 0 Å². The van der Waals surface area contributed by atoms with Crippen LogP contribution in [-0.4, -0.2) is 7.85 Å². The van der Waals surface area contributed by atoms with Gasteiger partial charge in [-0.3, -0.25) is 0 Å². The van der Waals surface area contributed by atoms with E-state index in [1.807, 2.05) is 60.7 Å². The molecule has 0 aliphatic heterocycles. The van der Waals surface area contributed by atoms with Crippen LogP contribution in [0.4, 0.5) is 17.6 Å². The van der Waals surface area contributed by atoms with E-state index < -0.39 is 23.3 Å². The number of rotatable bonds is 4. The topological polar surface area (TPSA) is 0 Å². The molecule has 0 aliphatic carbocycles. The molecule has 0 unspecified atom stereocenters. The maximum atomic E-state index is 14.6. The Labute approximate surface area is 243 Å². The van der Waals surface area contributed by atoms with Gasteiger partial charge >= 0.3 is 0 Å². The van der Waals surface area contributed by atoms with Gasteiger partial charge in [0.25, 0.3) is 0 Å². The summed E-state index contributed by atoms with van der Waals surface area (Å²) in [7, 11) is 6.25. The molecule has 0 bridgehead atoms. The first kappa shape index (κ1) is 26.9. The van der Waals surface area contributed by atoms with E-state index in [0.29, 0.717) is 41.2 Å². The second kappa shape index (κ2) is 10.8. The lowest BCUT2D eigenvalue weighted by Gasteiger charge is -2.25. The molecule has 0 spiro atoms. The Kier molecular flexibility index (Phi) is 7.67. The maximum Gasteiger partial charge on any atom is 0.159 e. The first-order valence-electron chi connectivity index (χ1n) is 11.2. The summed E-state index contributed by atoms with van der Waals surface area (Å²) >= 11 is 10.9. The number of halogens is 7. The molecule has 0 heterocycles. The minimum atomic E-state index is -1.06. The number of hydrogen-bond donors (Lipinski definition) is 0. The number of benzene rings is 5. The molecule has 5 aromatic rings. The fourth-order valence-electron chi connectivity index (χ4n) is 4.44. The molecule has 0 N–H and O–H groups in total. The summed E-state index contributed by atoms with van der Waals surface area (Å²) < 4.78 is 58.7. The first-order valence-corrected chi connectivity index (χ1v) is 13.6. The molecule has 5 aromatic carbocycles. The molecular formula is C30H14BBr3F4. The minimum absolute atomic E-state index is 0.0365. The van der Waals surface area contributed by atoms with Crippen molar-refractivity contribution in [1.29, 1.82) is 0 Å². The molecule has 0 fully saturated rings. The monoisotopic (exact) mass is 698 g/mol. The zero-order chi connectivity index (χ0) is 27.1. The van der Waals surface area contributed by atoms with Crippen molar-refractivity contribution in [2.45, 2.75) is 0 Å². The fourth-order valence-corrected chi connectivity index (χ4v) is 6.63. The summed E-state index contributed by atoms with van der Waals surface area (Å²) in [4.78, 5) is 0. The highest BCUT2D eigenvalue weighted by molar-refractivity contribution is 9.11. The van der Waals surface area contributed by atoms with Crippen LogP contribution in [-0.2, 0) is 0 Å². The molecule has 38 heavy (non-hydrogen) atoms. The summed E-state index contributed by atoms with van der Waals surface area (Å²) in [6, 6.07) is 22.7. The highest BCUT2D eigenvalue weighted by atomic mass is 79.9. The molecule has 186 valence electrons. The van der Waals surface area contributed by atoms with E-state index in [0.717, 1.165) is 35.4 Å². The molecule has 0 aromatic heterocycles. The summed E-state index contributed by atoms with van der Waals surface area (Å²) in [5.41, 5.74) is 4.44. The Hall–Kier alpha value is -2.68. The Morgan fingerprint density at radius 2 is 0.868 bits per heavy atom. The van der Waals surface area contributed by atoms with Gasteiger partial charge in [0, 0.05) is 41.2 Å². The van der Waals surface area contributed by atoms with Crippen LogP contribution in [0.3, 0.4) is 0 Å². The van der Waals surface area contributed by atoms with Gasteiger partial charge in [0.05, 0.1) is 0 Å². The zero-order valence-electron chi connectivity index (χ0n) is 19.3. The largest absolute Gasteiger partial charge is 0.204 e. The molecule has 5 rings (SSSR count). The summed E-state index contributed by atoms with van der Waals surface area (Å²) in [5, 5.41) is 0. The van der Waals surface area contributed by atoms with E-state index in [2.05, 4.69) is 47.8 Å². The molecular weight excluding hydrogens is 687 g/mol. The smallest absolute Gasteiger partial charge is 0.159 e. The standard InChI is InChI=1S/C30H14BBr3F4/c31-19-13-23(37)21(35)11-17(19)27-25(15-7-3-1-4-8-15)30(34)28(18-12-22(36)24(38)14-20(18)32)26(29(27)33)16-9-5-2-6-10-16/h1-14H. The second-order valence-corrected chi connectivity index (χ2v) is 10.9. The second-order valence-electron chi connectivity index (χ2n) is 8.46. The summed E-state index contributed by atoms with van der Waals surface area (Å²) in [5.74, 6) is -4.12. The van der Waals surface area contributed by atoms with Gasteiger partial charge < -0.3 is 0 Å². The Morgan fingerprint density at radius 1 is 0.474 bits per heavy atom. The molecule has 2 radical (unpaired) electrons. The van der Waals surface area contributed by atoms with E-state index in [1.165, 1.54) is 0 Å². The van der Waals surface area contributed by atoms with Crippen molar-refractivity contribution in [3.05, 3.63) is 122 Å². The Morgan fingerprint density at radius 3 is 1.37 bits per heavy atom. The van der Waals surface area contributed by atoms with Crippen LogP contribution in [0, 0.1) is 23.3 Å². The highest BCUT2D eigenvalue weighted by Crippen LogP contribution is 2.54. The average molecular weight is 701 g/mol.